The van der Waals surface area contributed by atoms with Gasteiger partial charge in [0.2, 0.25) is 0 Å². The van der Waals surface area contributed by atoms with Gasteiger partial charge in [-0.2, -0.15) is 4.98 Å². The zero-order chi connectivity index (χ0) is 14.5. The molecule has 20 heavy (non-hydrogen) atoms. The van der Waals surface area contributed by atoms with Crippen molar-refractivity contribution in [3.05, 3.63) is 11.3 Å². The Morgan fingerprint density at radius 2 is 1.85 bits per heavy atom. The van der Waals surface area contributed by atoms with E-state index in [1.165, 1.54) is 25.9 Å². The monoisotopic (exact) mass is 278 g/mol. The van der Waals surface area contributed by atoms with Crippen LogP contribution in [0.25, 0.3) is 0 Å². The lowest BCUT2D eigenvalue weighted by atomic mass is 10.2. The lowest BCUT2D eigenvalue weighted by Gasteiger charge is -2.17. The van der Waals surface area contributed by atoms with Gasteiger partial charge in [0.25, 0.3) is 0 Å². The van der Waals surface area contributed by atoms with Gasteiger partial charge >= 0.3 is 6.01 Å². The number of nitrogens with zero attached hydrogens (tertiary/aromatic N) is 4. The van der Waals surface area contributed by atoms with Crippen molar-refractivity contribution in [1.82, 2.24) is 14.9 Å². The summed E-state index contributed by atoms with van der Waals surface area (Å²) >= 11 is 0. The molecule has 0 aromatic carbocycles. The van der Waals surface area contributed by atoms with Crippen LogP contribution in [0.2, 0.25) is 0 Å². The molecule has 1 aromatic rings. The summed E-state index contributed by atoms with van der Waals surface area (Å²) in [5.41, 5.74) is 2.10. The SMILES string of the molecule is Cc1nc(OCCCN2CCCC2)nc(N(C)C)c1C. The first kappa shape index (κ1) is 15.0. The van der Waals surface area contributed by atoms with Gasteiger partial charge in [-0.1, -0.05) is 0 Å². The highest BCUT2D eigenvalue weighted by atomic mass is 16.5. The average molecular weight is 278 g/mol. The Balaban J connectivity index is 1.85. The molecule has 0 atom stereocenters. The molecule has 2 rings (SSSR count). The molecule has 1 saturated heterocycles. The van der Waals surface area contributed by atoms with Crippen molar-refractivity contribution in [3.63, 3.8) is 0 Å². The van der Waals surface area contributed by atoms with Crippen LogP contribution in [0.4, 0.5) is 5.82 Å². The highest BCUT2D eigenvalue weighted by Gasteiger charge is 2.12. The standard InChI is InChI=1S/C15H26N4O/c1-12-13(2)16-15(17-14(12)18(3)4)20-11-7-10-19-8-5-6-9-19/h5-11H2,1-4H3. The van der Waals surface area contributed by atoms with Crippen LogP contribution < -0.4 is 9.64 Å². The minimum absolute atomic E-state index is 0.498. The molecule has 0 bridgehead atoms. The molecule has 0 aliphatic carbocycles. The fourth-order valence-electron chi connectivity index (χ4n) is 2.55. The molecular formula is C15H26N4O. The Bertz CT molecular complexity index is 442. The van der Waals surface area contributed by atoms with Crippen molar-refractivity contribution in [2.24, 2.45) is 0 Å². The number of aromatic nitrogens is 2. The largest absolute Gasteiger partial charge is 0.463 e. The predicted molar refractivity (Wildman–Crippen MR) is 81.6 cm³/mol. The van der Waals surface area contributed by atoms with Crippen LogP contribution in [-0.4, -0.2) is 55.2 Å². The number of hydrogen-bond acceptors (Lipinski definition) is 5. The van der Waals surface area contributed by atoms with Crippen LogP contribution in [0.5, 0.6) is 6.01 Å². The number of hydrogen-bond donors (Lipinski definition) is 0. The minimum atomic E-state index is 0.498. The van der Waals surface area contributed by atoms with E-state index in [2.05, 4.69) is 14.9 Å². The first-order valence-electron chi connectivity index (χ1n) is 7.45. The number of rotatable bonds is 6. The molecule has 5 heteroatoms. The molecule has 1 aliphatic heterocycles. The third-order valence-corrected chi connectivity index (χ3v) is 3.82. The highest BCUT2D eigenvalue weighted by molar-refractivity contribution is 5.47. The maximum Gasteiger partial charge on any atom is 0.318 e. The molecule has 1 aromatic heterocycles. The lowest BCUT2D eigenvalue weighted by Crippen LogP contribution is -2.22. The van der Waals surface area contributed by atoms with E-state index in [0.29, 0.717) is 12.6 Å². The van der Waals surface area contributed by atoms with Gasteiger partial charge in [0.05, 0.1) is 6.61 Å². The third-order valence-electron chi connectivity index (χ3n) is 3.82. The van der Waals surface area contributed by atoms with Gasteiger partial charge in [0.1, 0.15) is 5.82 Å². The third kappa shape index (κ3) is 3.82. The fraction of sp³-hybridized carbons (Fsp3) is 0.733. The summed E-state index contributed by atoms with van der Waals surface area (Å²) in [6, 6.07) is 0.498. The average Bonchev–Trinajstić information content (AvgIpc) is 2.91. The van der Waals surface area contributed by atoms with Crippen molar-refractivity contribution in [2.45, 2.75) is 33.1 Å². The van der Waals surface area contributed by atoms with Crippen LogP contribution in [0, 0.1) is 13.8 Å². The minimum Gasteiger partial charge on any atom is -0.463 e. The van der Waals surface area contributed by atoms with Crippen molar-refractivity contribution in [3.8, 4) is 6.01 Å². The summed E-state index contributed by atoms with van der Waals surface area (Å²) in [4.78, 5) is 13.4. The Morgan fingerprint density at radius 3 is 2.50 bits per heavy atom. The number of ether oxygens (including phenoxy) is 1. The second-order valence-corrected chi connectivity index (χ2v) is 5.69. The number of likely N-dealkylation sites (tertiary alicyclic amines) is 1. The van der Waals surface area contributed by atoms with Gasteiger partial charge < -0.3 is 14.5 Å². The van der Waals surface area contributed by atoms with Crippen molar-refractivity contribution < 1.29 is 4.74 Å². The van der Waals surface area contributed by atoms with Crippen LogP contribution in [0.1, 0.15) is 30.5 Å². The molecule has 0 spiro atoms. The summed E-state index contributed by atoms with van der Waals surface area (Å²) in [5.74, 6) is 0.937. The topological polar surface area (TPSA) is 41.5 Å². The van der Waals surface area contributed by atoms with Gasteiger partial charge in [0, 0.05) is 31.9 Å². The molecule has 5 nitrogen and oxygen atoms in total. The predicted octanol–water partition coefficient (Wildman–Crippen LogP) is 2.02. The van der Waals surface area contributed by atoms with Crippen molar-refractivity contribution in [2.75, 3.05) is 45.2 Å². The first-order chi connectivity index (χ1) is 9.58. The number of aryl methyl sites for hydroxylation is 1. The zero-order valence-electron chi connectivity index (χ0n) is 13.1. The van der Waals surface area contributed by atoms with E-state index in [0.717, 1.165) is 30.0 Å². The van der Waals surface area contributed by atoms with E-state index >= 15 is 0 Å². The van der Waals surface area contributed by atoms with Gasteiger partial charge in [0.15, 0.2) is 0 Å². The Kier molecular flexibility index (Phi) is 5.17. The van der Waals surface area contributed by atoms with Crippen molar-refractivity contribution in [1.29, 1.82) is 0 Å². The molecule has 0 saturated carbocycles. The molecule has 1 fully saturated rings. The Hall–Kier alpha value is -1.36. The summed E-state index contributed by atoms with van der Waals surface area (Å²) in [6.45, 7) is 8.33. The van der Waals surface area contributed by atoms with Crippen molar-refractivity contribution >= 4 is 5.82 Å². The summed E-state index contributed by atoms with van der Waals surface area (Å²) in [6.07, 6.45) is 3.72. The fourth-order valence-corrected chi connectivity index (χ4v) is 2.55. The molecule has 112 valence electrons. The maximum absolute atomic E-state index is 5.72. The molecule has 0 N–H and O–H groups in total. The Morgan fingerprint density at radius 1 is 1.15 bits per heavy atom. The highest BCUT2D eigenvalue weighted by Crippen LogP contribution is 2.20. The van der Waals surface area contributed by atoms with E-state index in [4.69, 9.17) is 4.74 Å². The van der Waals surface area contributed by atoms with Gasteiger partial charge in [-0.25, -0.2) is 4.98 Å². The van der Waals surface area contributed by atoms with Crippen LogP contribution in [-0.2, 0) is 0 Å². The lowest BCUT2D eigenvalue weighted by molar-refractivity contribution is 0.249. The molecule has 0 radical (unpaired) electrons. The van der Waals surface area contributed by atoms with Crippen LogP contribution in [0.15, 0.2) is 0 Å². The molecule has 0 amide bonds. The van der Waals surface area contributed by atoms with Gasteiger partial charge in [-0.3, -0.25) is 0 Å². The molecule has 0 unspecified atom stereocenters. The second kappa shape index (κ2) is 6.88. The normalized spacial score (nSPS) is 15.6. The summed E-state index contributed by atoms with van der Waals surface area (Å²) in [7, 11) is 3.98. The summed E-state index contributed by atoms with van der Waals surface area (Å²) in [5, 5.41) is 0. The van der Waals surface area contributed by atoms with Crippen LogP contribution in [0.3, 0.4) is 0 Å². The quantitative estimate of drug-likeness (QED) is 0.745. The first-order valence-corrected chi connectivity index (χ1v) is 7.45. The van der Waals surface area contributed by atoms with E-state index in [1.54, 1.807) is 0 Å². The van der Waals surface area contributed by atoms with E-state index in [1.807, 2.05) is 32.8 Å². The zero-order valence-corrected chi connectivity index (χ0v) is 13.1. The summed E-state index contributed by atoms with van der Waals surface area (Å²) < 4.78 is 5.72. The van der Waals surface area contributed by atoms with Crippen LogP contribution >= 0.6 is 0 Å². The second-order valence-electron chi connectivity index (χ2n) is 5.69. The Labute approximate surface area is 122 Å². The molecule has 2 heterocycles. The van der Waals surface area contributed by atoms with E-state index in [-0.39, 0.29) is 0 Å². The smallest absolute Gasteiger partial charge is 0.318 e. The molecular weight excluding hydrogens is 252 g/mol. The van der Waals surface area contributed by atoms with Gasteiger partial charge in [-0.15, -0.1) is 0 Å². The maximum atomic E-state index is 5.72. The van der Waals surface area contributed by atoms with E-state index < -0.39 is 0 Å². The molecule has 1 aliphatic rings. The van der Waals surface area contributed by atoms with E-state index in [9.17, 15) is 0 Å². The van der Waals surface area contributed by atoms with Gasteiger partial charge in [-0.05, 0) is 46.2 Å². The number of anilines is 1.